The second kappa shape index (κ2) is 10.0. The highest BCUT2D eigenvalue weighted by Crippen LogP contribution is 2.24. The fourth-order valence-corrected chi connectivity index (χ4v) is 3.33. The molecule has 0 bridgehead atoms. The SMILES string of the molecule is C#CCOC(=O)[C@H](Cc1cn(C(=O)OC(C)(C)C)c2ccccc12)NC(=O)c1ccccc1. The summed E-state index contributed by atoms with van der Waals surface area (Å²) in [5.74, 6) is 1.17. The zero-order chi connectivity index (χ0) is 24.0. The minimum absolute atomic E-state index is 0.0955. The summed E-state index contributed by atoms with van der Waals surface area (Å²) in [4.78, 5) is 38.2. The average Bonchev–Trinajstić information content (AvgIpc) is 3.15. The molecule has 7 nitrogen and oxygen atoms in total. The van der Waals surface area contributed by atoms with E-state index >= 15 is 0 Å². The predicted molar refractivity (Wildman–Crippen MR) is 125 cm³/mol. The number of carbonyl (C=O) groups excluding carboxylic acids is 3. The van der Waals surface area contributed by atoms with Crippen molar-refractivity contribution in [2.24, 2.45) is 0 Å². The number of terminal acetylenes is 1. The van der Waals surface area contributed by atoms with Gasteiger partial charge < -0.3 is 14.8 Å². The molecule has 170 valence electrons. The predicted octanol–water partition coefficient (Wildman–Crippen LogP) is 3.94. The van der Waals surface area contributed by atoms with Gasteiger partial charge in [0.1, 0.15) is 11.6 Å². The van der Waals surface area contributed by atoms with Gasteiger partial charge in [-0.15, -0.1) is 6.42 Å². The lowest BCUT2D eigenvalue weighted by atomic mass is 10.0. The maximum atomic E-state index is 12.8. The summed E-state index contributed by atoms with van der Waals surface area (Å²) in [5, 5.41) is 3.48. The normalized spacial score (nSPS) is 11.9. The average molecular weight is 447 g/mol. The van der Waals surface area contributed by atoms with Crippen molar-refractivity contribution in [2.45, 2.75) is 38.8 Å². The van der Waals surface area contributed by atoms with Gasteiger partial charge in [-0.3, -0.25) is 9.36 Å². The Morgan fingerprint density at radius 3 is 2.39 bits per heavy atom. The molecule has 0 saturated carbocycles. The molecule has 1 amide bonds. The van der Waals surface area contributed by atoms with Crippen molar-refractivity contribution >= 4 is 28.9 Å². The third-order valence-corrected chi connectivity index (χ3v) is 4.73. The second-order valence-corrected chi connectivity index (χ2v) is 8.43. The van der Waals surface area contributed by atoms with Crippen molar-refractivity contribution in [1.82, 2.24) is 9.88 Å². The lowest BCUT2D eigenvalue weighted by Crippen LogP contribution is -2.43. The Morgan fingerprint density at radius 2 is 1.73 bits per heavy atom. The lowest BCUT2D eigenvalue weighted by molar-refractivity contribution is -0.144. The number of hydrogen-bond acceptors (Lipinski definition) is 5. The van der Waals surface area contributed by atoms with E-state index in [0.717, 1.165) is 5.39 Å². The Morgan fingerprint density at radius 1 is 1.06 bits per heavy atom. The fraction of sp³-hybridized carbons (Fsp3) is 0.269. The van der Waals surface area contributed by atoms with E-state index in [9.17, 15) is 14.4 Å². The Hall–Kier alpha value is -4.05. The van der Waals surface area contributed by atoms with Gasteiger partial charge in [0, 0.05) is 23.6 Å². The van der Waals surface area contributed by atoms with Crippen molar-refractivity contribution < 1.29 is 23.9 Å². The topological polar surface area (TPSA) is 86.6 Å². The van der Waals surface area contributed by atoms with Gasteiger partial charge in [0.05, 0.1) is 5.52 Å². The van der Waals surface area contributed by atoms with Gasteiger partial charge in [-0.2, -0.15) is 0 Å². The van der Waals surface area contributed by atoms with Crippen molar-refractivity contribution in [3.63, 3.8) is 0 Å². The first-order valence-corrected chi connectivity index (χ1v) is 10.5. The molecule has 0 aliphatic carbocycles. The number of benzene rings is 2. The summed E-state index contributed by atoms with van der Waals surface area (Å²) < 4.78 is 12.0. The number of nitrogens with one attached hydrogen (secondary N) is 1. The van der Waals surface area contributed by atoms with Crippen LogP contribution in [0.5, 0.6) is 0 Å². The largest absolute Gasteiger partial charge is 0.451 e. The molecular weight excluding hydrogens is 420 g/mol. The van der Waals surface area contributed by atoms with Crippen LogP contribution in [0.4, 0.5) is 4.79 Å². The molecule has 0 aliphatic rings. The van der Waals surface area contributed by atoms with Crippen LogP contribution < -0.4 is 5.32 Å². The highest BCUT2D eigenvalue weighted by atomic mass is 16.6. The van der Waals surface area contributed by atoms with Gasteiger partial charge in [0.15, 0.2) is 6.61 Å². The van der Waals surface area contributed by atoms with E-state index in [-0.39, 0.29) is 13.0 Å². The Bertz CT molecular complexity index is 1200. The van der Waals surface area contributed by atoms with Crippen LogP contribution in [0.3, 0.4) is 0 Å². The molecule has 0 aliphatic heterocycles. The van der Waals surface area contributed by atoms with E-state index in [1.54, 1.807) is 63.4 Å². The summed E-state index contributed by atoms with van der Waals surface area (Å²) in [7, 11) is 0. The number of para-hydroxylation sites is 1. The number of rotatable bonds is 6. The molecule has 0 unspecified atom stereocenters. The molecule has 33 heavy (non-hydrogen) atoms. The molecule has 3 aromatic rings. The number of aromatic nitrogens is 1. The van der Waals surface area contributed by atoms with Crippen molar-refractivity contribution in [3.8, 4) is 12.3 Å². The number of nitrogens with zero attached hydrogens (tertiary/aromatic N) is 1. The molecule has 3 rings (SSSR count). The van der Waals surface area contributed by atoms with Crippen LogP contribution in [0, 0.1) is 12.3 Å². The van der Waals surface area contributed by atoms with Crippen LogP contribution in [0.1, 0.15) is 36.7 Å². The Balaban J connectivity index is 1.94. The number of amides is 1. The maximum absolute atomic E-state index is 12.8. The molecule has 1 aromatic heterocycles. The van der Waals surface area contributed by atoms with Crippen LogP contribution >= 0.6 is 0 Å². The molecule has 0 saturated heterocycles. The van der Waals surface area contributed by atoms with Crippen LogP contribution in [0.2, 0.25) is 0 Å². The zero-order valence-corrected chi connectivity index (χ0v) is 18.8. The molecule has 2 aromatic carbocycles. The molecule has 1 heterocycles. The van der Waals surface area contributed by atoms with E-state index in [1.165, 1.54) is 4.57 Å². The summed E-state index contributed by atoms with van der Waals surface area (Å²) in [5.41, 5.74) is 1.04. The second-order valence-electron chi connectivity index (χ2n) is 8.43. The fourth-order valence-electron chi connectivity index (χ4n) is 3.33. The smallest absolute Gasteiger partial charge is 0.419 e. The molecule has 1 atom stereocenters. The van der Waals surface area contributed by atoms with Gasteiger partial charge in [0.2, 0.25) is 0 Å². The molecular formula is C26H26N2O5. The van der Waals surface area contributed by atoms with Crippen LogP contribution in [-0.4, -0.2) is 40.8 Å². The van der Waals surface area contributed by atoms with Gasteiger partial charge in [-0.1, -0.05) is 42.3 Å². The summed E-state index contributed by atoms with van der Waals surface area (Å²) in [6.07, 6.45) is 6.39. The third kappa shape index (κ3) is 6.01. The first-order chi connectivity index (χ1) is 15.7. The van der Waals surface area contributed by atoms with Crippen LogP contribution in [-0.2, 0) is 20.7 Å². The van der Waals surface area contributed by atoms with E-state index in [2.05, 4.69) is 11.2 Å². The van der Waals surface area contributed by atoms with Crippen molar-refractivity contribution in [2.75, 3.05) is 6.61 Å². The van der Waals surface area contributed by atoms with Crippen LogP contribution in [0.15, 0.2) is 60.8 Å². The van der Waals surface area contributed by atoms with E-state index in [0.29, 0.717) is 16.6 Å². The van der Waals surface area contributed by atoms with Crippen LogP contribution in [0.25, 0.3) is 10.9 Å². The number of carbonyl (C=O) groups is 3. The monoisotopic (exact) mass is 446 g/mol. The molecule has 0 fully saturated rings. The van der Waals surface area contributed by atoms with Gasteiger partial charge >= 0.3 is 12.1 Å². The molecule has 0 spiro atoms. The minimum atomic E-state index is -1.01. The number of fused-ring (bicyclic) bond motifs is 1. The highest BCUT2D eigenvalue weighted by molar-refractivity contribution is 5.97. The van der Waals surface area contributed by atoms with Crippen molar-refractivity contribution in [1.29, 1.82) is 0 Å². The summed E-state index contributed by atoms with van der Waals surface area (Å²) in [6.45, 7) is 5.15. The first-order valence-electron chi connectivity index (χ1n) is 10.5. The zero-order valence-electron chi connectivity index (χ0n) is 18.8. The van der Waals surface area contributed by atoms with Gasteiger partial charge in [-0.25, -0.2) is 9.59 Å². The molecule has 0 radical (unpaired) electrons. The van der Waals surface area contributed by atoms with Gasteiger partial charge in [-0.05, 0) is 44.5 Å². The standard InChI is InChI=1S/C26H26N2O5/c1-5-15-32-24(30)21(27-23(29)18-11-7-6-8-12-18)16-19-17-28(25(31)33-26(2,3)4)22-14-10-9-13-20(19)22/h1,6-14,17,21H,15-16H2,2-4H3,(H,27,29)/t21-/m0/s1. The lowest BCUT2D eigenvalue weighted by Gasteiger charge is -2.19. The minimum Gasteiger partial charge on any atom is -0.451 e. The van der Waals surface area contributed by atoms with E-state index < -0.39 is 29.6 Å². The quantitative estimate of drug-likeness (QED) is 0.458. The summed E-state index contributed by atoms with van der Waals surface area (Å²) >= 11 is 0. The Kier molecular flexibility index (Phi) is 7.19. The van der Waals surface area contributed by atoms with E-state index in [1.807, 2.05) is 18.2 Å². The van der Waals surface area contributed by atoms with E-state index in [4.69, 9.17) is 15.9 Å². The number of esters is 1. The number of ether oxygens (including phenoxy) is 2. The molecule has 7 heteroatoms. The highest BCUT2D eigenvalue weighted by Gasteiger charge is 2.27. The summed E-state index contributed by atoms with van der Waals surface area (Å²) in [6, 6.07) is 14.8. The van der Waals surface area contributed by atoms with Crippen molar-refractivity contribution in [3.05, 3.63) is 71.9 Å². The van der Waals surface area contributed by atoms with Gasteiger partial charge in [0.25, 0.3) is 5.91 Å². The number of hydrogen-bond donors (Lipinski definition) is 1. The Labute approximate surface area is 192 Å². The maximum Gasteiger partial charge on any atom is 0.419 e. The third-order valence-electron chi connectivity index (χ3n) is 4.73. The first kappa shape index (κ1) is 23.6. The molecule has 1 N–H and O–H groups in total.